The Morgan fingerprint density at radius 3 is 2.73 bits per heavy atom. The molecular weight excluding hydrogens is 192 g/mol. The topological polar surface area (TPSA) is 85.2 Å². The maximum atomic E-state index is 10.9. The summed E-state index contributed by atoms with van der Waals surface area (Å²) in [6, 6.07) is 1.93. The molecule has 5 heteroatoms. The van der Waals surface area contributed by atoms with E-state index < -0.39 is 0 Å². The minimum Gasteiger partial charge on any atom is -0.396 e. The molecule has 1 aromatic heterocycles. The van der Waals surface area contributed by atoms with Gasteiger partial charge >= 0.3 is 0 Å². The normalized spacial score (nSPS) is 10.3. The van der Waals surface area contributed by atoms with Gasteiger partial charge < -0.3 is 16.4 Å². The molecule has 0 aliphatic carbocycles. The Bertz CT molecular complexity index is 351. The lowest BCUT2D eigenvalue weighted by atomic mass is 10.2. The third kappa shape index (κ3) is 2.83. The van der Waals surface area contributed by atoms with Crippen LogP contribution in [0.5, 0.6) is 0 Å². The Hall–Kier alpha value is -1.78. The van der Waals surface area contributed by atoms with E-state index in [9.17, 15) is 4.79 Å². The second kappa shape index (κ2) is 4.63. The number of aromatic nitrogens is 1. The summed E-state index contributed by atoms with van der Waals surface area (Å²) < 4.78 is 0. The largest absolute Gasteiger partial charge is 0.396 e. The van der Waals surface area contributed by atoms with Gasteiger partial charge in [-0.05, 0) is 19.9 Å². The number of nitrogen functional groups attached to an aromatic ring is 1. The van der Waals surface area contributed by atoms with Crippen molar-refractivity contribution in [3.05, 3.63) is 18.5 Å². The van der Waals surface area contributed by atoms with Crippen molar-refractivity contribution in [1.29, 1.82) is 0 Å². The lowest BCUT2D eigenvalue weighted by molar-refractivity contribution is -0.116. The van der Waals surface area contributed by atoms with Crippen LogP contribution in [-0.4, -0.2) is 23.5 Å². The number of pyridine rings is 1. The number of hydrogen-bond donors (Lipinski definition) is 2. The highest BCUT2D eigenvalue weighted by Gasteiger charge is 2.15. The standard InChI is InChI=1S/C10H16N4O/c1-7(2)14(6-10(12)15)9-3-4-13-5-8(9)11/h3-5,7H,6,11H2,1-2H3,(H2,12,15). The summed E-state index contributed by atoms with van der Waals surface area (Å²) in [5.74, 6) is -0.375. The molecule has 0 saturated heterocycles. The van der Waals surface area contributed by atoms with E-state index in [4.69, 9.17) is 11.5 Å². The van der Waals surface area contributed by atoms with Gasteiger partial charge in [0.05, 0.1) is 24.1 Å². The van der Waals surface area contributed by atoms with Gasteiger partial charge in [0.1, 0.15) is 0 Å². The van der Waals surface area contributed by atoms with Crippen molar-refractivity contribution in [1.82, 2.24) is 4.98 Å². The molecule has 5 nitrogen and oxygen atoms in total. The fourth-order valence-electron chi connectivity index (χ4n) is 1.37. The summed E-state index contributed by atoms with van der Waals surface area (Å²) in [4.78, 5) is 16.7. The number of rotatable bonds is 4. The second-order valence-electron chi connectivity index (χ2n) is 3.62. The van der Waals surface area contributed by atoms with Gasteiger partial charge in [-0.25, -0.2) is 0 Å². The molecule has 0 atom stereocenters. The number of nitrogens with zero attached hydrogens (tertiary/aromatic N) is 2. The van der Waals surface area contributed by atoms with Crippen LogP contribution in [0.4, 0.5) is 11.4 Å². The lowest BCUT2D eigenvalue weighted by Gasteiger charge is -2.28. The molecule has 1 amide bonds. The van der Waals surface area contributed by atoms with Gasteiger partial charge in [-0.2, -0.15) is 0 Å². The first kappa shape index (κ1) is 11.3. The first-order valence-corrected chi connectivity index (χ1v) is 4.76. The molecule has 0 saturated carbocycles. The Balaban J connectivity index is 2.99. The van der Waals surface area contributed by atoms with E-state index in [2.05, 4.69) is 4.98 Å². The SMILES string of the molecule is CC(C)N(CC(N)=O)c1ccncc1N. The zero-order valence-corrected chi connectivity index (χ0v) is 8.97. The van der Waals surface area contributed by atoms with Crippen molar-refractivity contribution in [2.45, 2.75) is 19.9 Å². The Morgan fingerprint density at radius 1 is 1.60 bits per heavy atom. The predicted molar refractivity (Wildman–Crippen MR) is 60.3 cm³/mol. The number of carbonyl (C=O) groups is 1. The first-order chi connectivity index (χ1) is 7.02. The van der Waals surface area contributed by atoms with Crippen LogP contribution in [-0.2, 0) is 4.79 Å². The van der Waals surface area contributed by atoms with Crippen LogP contribution in [0.3, 0.4) is 0 Å². The number of amides is 1. The second-order valence-corrected chi connectivity index (χ2v) is 3.62. The lowest BCUT2D eigenvalue weighted by Crippen LogP contribution is -2.39. The van der Waals surface area contributed by atoms with E-state index in [0.29, 0.717) is 5.69 Å². The summed E-state index contributed by atoms with van der Waals surface area (Å²) in [6.45, 7) is 4.11. The quantitative estimate of drug-likeness (QED) is 0.748. The maximum absolute atomic E-state index is 10.9. The number of anilines is 2. The molecule has 1 rings (SSSR count). The van der Waals surface area contributed by atoms with Gasteiger partial charge in [-0.3, -0.25) is 9.78 Å². The van der Waals surface area contributed by atoms with Gasteiger partial charge in [-0.15, -0.1) is 0 Å². The number of hydrogen-bond acceptors (Lipinski definition) is 4. The smallest absolute Gasteiger partial charge is 0.236 e. The van der Waals surface area contributed by atoms with Crippen molar-refractivity contribution in [3.63, 3.8) is 0 Å². The van der Waals surface area contributed by atoms with Gasteiger partial charge in [-0.1, -0.05) is 0 Å². The molecule has 4 N–H and O–H groups in total. The molecule has 0 aromatic carbocycles. The Morgan fingerprint density at radius 2 is 2.27 bits per heavy atom. The molecule has 0 spiro atoms. The molecule has 0 fully saturated rings. The van der Waals surface area contributed by atoms with Gasteiger partial charge in [0, 0.05) is 12.2 Å². The molecule has 15 heavy (non-hydrogen) atoms. The highest BCUT2D eigenvalue weighted by molar-refractivity contribution is 5.81. The Kier molecular flexibility index (Phi) is 3.49. The molecule has 0 aliphatic rings. The predicted octanol–water partition coefficient (Wildman–Crippen LogP) is 0.364. The summed E-state index contributed by atoms with van der Waals surface area (Å²) in [7, 11) is 0. The van der Waals surface area contributed by atoms with Crippen LogP contribution in [0.25, 0.3) is 0 Å². The molecule has 1 aromatic rings. The average Bonchev–Trinajstić information content (AvgIpc) is 2.15. The van der Waals surface area contributed by atoms with Crippen LogP contribution >= 0.6 is 0 Å². The van der Waals surface area contributed by atoms with Crippen LogP contribution in [0.2, 0.25) is 0 Å². The van der Waals surface area contributed by atoms with Crippen molar-refractivity contribution in [3.8, 4) is 0 Å². The van der Waals surface area contributed by atoms with Crippen LogP contribution in [0.15, 0.2) is 18.5 Å². The fourth-order valence-corrected chi connectivity index (χ4v) is 1.37. The van der Waals surface area contributed by atoms with Gasteiger partial charge in [0.15, 0.2) is 0 Å². The molecule has 0 aliphatic heterocycles. The minimum absolute atomic E-state index is 0.155. The third-order valence-electron chi connectivity index (χ3n) is 2.09. The number of primary amides is 1. The summed E-state index contributed by atoms with van der Waals surface area (Å²) in [5, 5.41) is 0. The molecule has 1 heterocycles. The van der Waals surface area contributed by atoms with E-state index in [1.807, 2.05) is 18.7 Å². The van der Waals surface area contributed by atoms with E-state index in [0.717, 1.165) is 5.69 Å². The summed E-state index contributed by atoms with van der Waals surface area (Å²) in [5.41, 5.74) is 12.3. The monoisotopic (exact) mass is 208 g/mol. The molecule has 82 valence electrons. The van der Waals surface area contributed by atoms with Crippen LogP contribution in [0.1, 0.15) is 13.8 Å². The molecule has 0 bridgehead atoms. The molecule has 0 radical (unpaired) electrons. The van der Waals surface area contributed by atoms with Crippen molar-refractivity contribution < 1.29 is 4.79 Å². The minimum atomic E-state index is -0.375. The number of carbonyl (C=O) groups excluding carboxylic acids is 1. The number of nitrogens with two attached hydrogens (primary N) is 2. The zero-order valence-electron chi connectivity index (χ0n) is 8.97. The van der Waals surface area contributed by atoms with Crippen molar-refractivity contribution >= 4 is 17.3 Å². The third-order valence-corrected chi connectivity index (χ3v) is 2.09. The first-order valence-electron chi connectivity index (χ1n) is 4.76. The molecule has 0 unspecified atom stereocenters. The average molecular weight is 208 g/mol. The fraction of sp³-hybridized carbons (Fsp3) is 0.400. The maximum Gasteiger partial charge on any atom is 0.236 e. The van der Waals surface area contributed by atoms with Gasteiger partial charge in [0.2, 0.25) is 5.91 Å². The highest BCUT2D eigenvalue weighted by atomic mass is 16.1. The van der Waals surface area contributed by atoms with Crippen molar-refractivity contribution in [2.24, 2.45) is 5.73 Å². The van der Waals surface area contributed by atoms with E-state index in [1.54, 1.807) is 18.5 Å². The Labute approximate surface area is 89.1 Å². The van der Waals surface area contributed by atoms with Gasteiger partial charge in [0.25, 0.3) is 0 Å². The van der Waals surface area contributed by atoms with Crippen LogP contribution in [0, 0.1) is 0 Å². The zero-order chi connectivity index (χ0) is 11.4. The summed E-state index contributed by atoms with van der Waals surface area (Å²) >= 11 is 0. The van der Waals surface area contributed by atoms with Crippen LogP contribution < -0.4 is 16.4 Å². The van der Waals surface area contributed by atoms with E-state index in [-0.39, 0.29) is 18.5 Å². The highest BCUT2D eigenvalue weighted by Crippen LogP contribution is 2.22. The van der Waals surface area contributed by atoms with E-state index in [1.165, 1.54) is 0 Å². The van der Waals surface area contributed by atoms with Crippen molar-refractivity contribution in [2.75, 3.05) is 17.2 Å². The van der Waals surface area contributed by atoms with E-state index >= 15 is 0 Å². The molecular formula is C10H16N4O. The summed E-state index contributed by atoms with van der Waals surface area (Å²) in [6.07, 6.45) is 3.20.